The Morgan fingerprint density at radius 1 is 1.32 bits per heavy atom. The van der Waals surface area contributed by atoms with Crippen molar-refractivity contribution in [2.24, 2.45) is 0 Å². The number of ether oxygens (including phenoxy) is 3. The number of benzene rings is 1. The summed E-state index contributed by atoms with van der Waals surface area (Å²) in [5, 5.41) is 11.2. The standard InChI is InChI=1S/C20H16BrN3O7/c1-28-16-9-11(7-13(21)17(16)30-6-5-22)8-14-18(25)24(20(27)23-14)10-12-3-4-15(31-12)19(26)29-2/h3-4,7-9H,6,10H2,1-2H3,(H,23,27)/b14-8-. The quantitative estimate of drug-likeness (QED) is 0.356. The molecular weight excluding hydrogens is 474 g/mol. The van der Waals surface area contributed by atoms with Gasteiger partial charge in [0.2, 0.25) is 5.76 Å². The van der Waals surface area contributed by atoms with Crippen LogP contribution in [-0.2, 0) is 16.1 Å². The zero-order valence-electron chi connectivity index (χ0n) is 16.4. The van der Waals surface area contributed by atoms with Gasteiger partial charge >= 0.3 is 12.0 Å². The lowest BCUT2D eigenvalue weighted by Crippen LogP contribution is -2.30. The van der Waals surface area contributed by atoms with Crippen molar-refractivity contribution >= 4 is 39.9 Å². The van der Waals surface area contributed by atoms with E-state index < -0.39 is 17.9 Å². The summed E-state index contributed by atoms with van der Waals surface area (Å²) >= 11 is 3.34. The number of esters is 1. The summed E-state index contributed by atoms with van der Waals surface area (Å²) in [6.45, 7) is -0.323. The number of halogens is 1. The zero-order valence-corrected chi connectivity index (χ0v) is 18.0. The van der Waals surface area contributed by atoms with Crippen LogP contribution in [0.15, 0.2) is 38.9 Å². The zero-order chi connectivity index (χ0) is 22.5. The van der Waals surface area contributed by atoms with E-state index in [1.54, 1.807) is 12.1 Å². The average molecular weight is 490 g/mol. The summed E-state index contributed by atoms with van der Waals surface area (Å²) in [6.07, 6.45) is 1.48. The van der Waals surface area contributed by atoms with Gasteiger partial charge in [0.15, 0.2) is 18.1 Å². The first-order valence-electron chi connectivity index (χ1n) is 8.76. The maximum Gasteiger partial charge on any atom is 0.373 e. The van der Waals surface area contributed by atoms with Crippen LogP contribution in [0.1, 0.15) is 21.9 Å². The van der Waals surface area contributed by atoms with Crippen LogP contribution in [-0.4, -0.2) is 43.6 Å². The van der Waals surface area contributed by atoms with Crippen molar-refractivity contribution in [1.82, 2.24) is 10.2 Å². The van der Waals surface area contributed by atoms with Crippen LogP contribution in [0.2, 0.25) is 0 Å². The Hall–Kier alpha value is -3.78. The van der Waals surface area contributed by atoms with E-state index in [0.717, 1.165) is 4.90 Å². The van der Waals surface area contributed by atoms with Crippen molar-refractivity contribution in [2.75, 3.05) is 20.8 Å². The Kier molecular flexibility index (Phi) is 6.61. The van der Waals surface area contributed by atoms with Crippen molar-refractivity contribution in [1.29, 1.82) is 5.26 Å². The molecule has 0 unspecified atom stereocenters. The summed E-state index contributed by atoms with van der Waals surface area (Å²) < 4.78 is 21.0. The van der Waals surface area contributed by atoms with Crippen molar-refractivity contribution in [2.45, 2.75) is 6.54 Å². The molecule has 0 bridgehead atoms. The molecule has 10 nitrogen and oxygen atoms in total. The highest BCUT2D eigenvalue weighted by molar-refractivity contribution is 9.10. The van der Waals surface area contributed by atoms with E-state index in [1.165, 1.54) is 32.4 Å². The fourth-order valence-corrected chi connectivity index (χ4v) is 3.35. The second-order valence-electron chi connectivity index (χ2n) is 6.12. The molecular formula is C20H16BrN3O7. The number of furan rings is 1. The number of imide groups is 1. The Labute approximate surface area is 185 Å². The van der Waals surface area contributed by atoms with Crippen molar-refractivity contribution in [3.05, 3.63) is 51.5 Å². The number of hydrogen-bond acceptors (Lipinski definition) is 8. The maximum atomic E-state index is 12.7. The van der Waals surface area contributed by atoms with E-state index in [-0.39, 0.29) is 30.4 Å². The third-order valence-corrected chi connectivity index (χ3v) is 4.76. The van der Waals surface area contributed by atoms with Crippen LogP contribution < -0.4 is 14.8 Å². The molecule has 31 heavy (non-hydrogen) atoms. The molecule has 11 heteroatoms. The fourth-order valence-electron chi connectivity index (χ4n) is 2.78. The molecule has 3 rings (SSSR count). The van der Waals surface area contributed by atoms with Gasteiger partial charge in [-0.2, -0.15) is 5.26 Å². The molecule has 160 valence electrons. The van der Waals surface area contributed by atoms with E-state index in [4.69, 9.17) is 19.2 Å². The number of hydrogen-bond donors (Lipinski definition) is 1. The van der Waals surface area contributed by atoms with Gasteiger partial charge in [-0.25, -0.2) is 9.59 Å². The molecule has 0 aliphatic carbocycles. The molecule has 1 aromatic heterocycles. The normalized spacial score (nSPS) is 14.4. The highest BCUT2D eigenvalue weighted by atomic mass is 79.9. The van der Waals surface area contributed by atoms with Crippen molar-refractivity contribution < 1.29 is 33.0 Å². The summed E-state index contributed by atoms with van der Waals surface area (Å²) in [4.78, 5) is 37.4. The predicted molar refractivity (Wildman–Crippen MR) is 109 cm³/mol. The van der Waals surface area contributed by atoms with Gasteiger partial charge in [-0.15, -0.1) is 0 Å². The van der Waals surface area contributed by atoms with Crippen LogP contribution >= 0.6 is 15.9 Å². The van der Waals surface area contributed by atoms with Crippen molar-refractivity contribution in [3.8, 4) is 17.6 Å². The lowest BCUT2D eigenvalue weighted by atomic mass is 10.1. The lowest BCUT2D eigenvalue weighted by molar-refractivity contribution is -0.123. The topological polar surface area (TPSA) is 131 Å². The molecule has 1 aliphatic heterocycles. The highest BCUT2D eigenvalue weighted by Gasteiger charge is 2.34. The summed E-state index contributed by atoms with van der Waals surface area (Å²) in [6, 6.07) is 7.37. The molecule has 0 saturated carbocycles. The van der Waals surface area contributed by atoms with E-state index >= 15 is 0 Å². The summed E-state index contributed by atoms with van der Waals surface area (Å²) in [5.41, 5.74) is 0.592. The van der Waals surface area contributed by atoms with Gasteiger partial charge in [-0.3, -0.25) is 9.69 Å². The van der Waals surface area contributed by atoms with Gasteiger partial charge in [0.05, 0.1) is 25.2 Å². The minimum Gasteiger partial charge on any atom is -0.493 e. The Morgan fingerprint density at radius 2 is 2.10 bits per heavy atom. The highest BCUT2D eigenvalue weighted by Crippen LogP contribution is 2.37. The lowest BCUT2D eigenvalue weighted by Gasteiger charge is -2.11. The van der Waals surface area contributed by atoms with Gasteiger partial charge in [0.1, 0.15) is 17.5 Å². The first kappa shape index (κ1) is 21.9. The molecule has 1 aliphatic rings. The first-order valence-corrected chi connectivity index (χ1v) is 9.56. The monoisotopic (exact) mass is 489 g/mol. The average Bonchev–Trinajstić information content (AvgIpc) is 3.32. The predicted octanol–water partition coefficient (Wildman–Crippen LogP) is 2.83. The number of rotatable bonds is 7. The first-order chi connectivity index (χ1) is 14.9. The second kappa shape index (κ2) is 9.36. The largest absolute Gasteiger partial charge is 0.493 e. The number of amides is 3. The van der Waals surface area contributed by atoms with Crippen LogP contribution in [0.25, 0.3) is 6.08 Å². The molecule has 0 radical (unpaired) electrons. The van der Waals surface area contributed by atoms with Gasteiger partial charge < -0.3 is 23.9 Å². The van der Waals surface area contributed by atoms with Crippen LogP contribution in [0.4, 0.5) is 4.79 Å². The molecule has 2 aromatic rings. The number of carbonyl (C=O) groups excluding carboxylic acids is 3. The molecule has 1 saturated heterocycles. The molecule has 3 amide bonds. The number of methoxy groups -OCH3 is 2. The Morgan fingerprint density at radius 3 is 2.77 bits per heavy atom. The van der Waals surface area contributed by atoms with Crippen LogP contribution in [0.3, 0.4) is 0 Å². The molecule has 1 N–H and O–H groups in total. The van der Waals surface area contributed by atoms with E-state index in [1.807, 2.05) is 6.07 Å². The van der Waals surface area contributed by atoms with Gasteiger partial charge in [-0.05, 0) is 51.8 Å². The molecule has 1 aromatic carbocycles. The van der Waals surface area contributed by atoms with Crippen LogP contribution in [0.5, 0.6) is 11.5 Å². The summed E-state index contributed by atoms with van der Waals surface area (Å²) in [7, 11) is 2.66. The maximum absolute atomic E-state index is 12.7. The SMILES string of the molecule is COC(=O)c1ccc(CN2C(=O)N/C(=C\c3cc(Br)c(OCC#N)c(OC)c3)C2=O)o1. The smallest absolute Gasteiger partial charge is 0.373 e. The number of urea groups is 1. The number of nitrogens with zero attached hydrogens (tertiary/aromatic N) is 2. The third kappa shape index (κ3) is 4.70. The Bertz CT molecular complexity index is 1120. The molecule has 2 heterocycles. The molecule has 0 atom stereocenters. The van der Waals surface area contributed by atoms with Gasteiger partial charge in [0, 0.05) is 0 Å². The fraction of sp³-hybridized carbons (Fsp3) is 0.200. The number of carbonyl (C=O) groups is 3. The second-order valence-corrected chi connectivity index (χ2v) is 6.97. The van der Waals surface area contributed by atoms with E-state index in [0.29, 0.717) is 21.5 Å². The van der Waals surface area contributed by atoms with Crippen molar-refractivity contribution in [3.63, 3.8) is 0 Å². The van der Waals surface area contributed by atoms with Crippen LogP contribution in [0, 0.1) is 11.3 Å². The minimum absolute atomic E-state index is 0.0315. The van der Waals surface area contributed by atoms with E-state index in [9.17, 15) is 14.4 Å². The van der Waals surface area contributed by atoms with Gasteiger partial charge in [-0.1, -0.05) is 0 Å². The van der Waals surface area contributed by atoms with E-state index in [2.05, 4.69) is 26.0 Å². The van der Waals surface area contributed by atoms with Gasteiger partial charge in [0.25, 0.3) is 5.91 Å². The number of nitrogens with one attached hydrogen (secondary N) is 1. The Balaban J connectivity index is 1.81. The minimum atomic E-state index is -0.661. The molecule has 1 fully saturated rings. The summed E-state index contributed by atoms with van der Waals surface area (Å²) in [5.74, 6) is -0.332. The molecule has 0 spiro atoms. The third-order valence-electron chi connectivity index (χ3n) is 4.17. The number of nitriles is 1.